The zero-order valence-corrected chi connectivity index (χ0v) is 9.32. The molecule has 16 heavy (non-hydrogen) atoms. The van der Waals surface area contributed by atoms with E-state index in [9.17, 15) is 18.0 Å². The van der Waals surface area contributed by atoms with Crippen LogP contribution in [0.2, 0.25) is 0 Å². The van der Waals surface area contributed by atoms with Gasteiger partial charge in [0.25, 0.3) is 10.1 Å². The Morgan fingerprint density at radius 1 is 1.25 bits per heavy atom. The second kappa shape index (κ2) is 4.62. The number of carboxylic acid groups (broad SMARTS) is 2. The van der Waals surface area contributed by atoms with Crippen LogP contribution in [0.5, 0.6) is 0 Å². The van der Waals surface area contributed by atoms with Gasteiger partial charge < -0.3 is 10.2 Å². The van der Waals surface area contributed by atoms with Gasteiger partial charge in [0.15, 0.2) is 0 Å². The molecule has 0 heterocycles. The van der Waals surface area contributed by atoms with E-state index in [0.717, 1.165) is 0 Å². The van der Waals surface area contributed by atoms with Gasteiger partial charge in [-0.1, -0.05) is 5.57 Å². The fraction of sp³-hybridized carbons (Fsp3) is 0.500. The van der Waals surface area contributed by atoms with Crippen molar-refractivity contribution < 1.29 is 32.8 Å². The molecule has 1 atom stereocenters. The van der Waals surface area contributed by atoms with Gasteiger partial charge in [0.2, 0.25) is 4.75 Å². The first-order chi connectivity index (χ1) is 7.03. The number of carbonyl (C=O) groups is 2. The summed E-state index contributed by atoms with van der Waals surface area (Å²) < 4.78 is 28.2. The van der Waals surface area contributed by atoms with Crippen molar-refractivity contribution in [2.24, 2.45) is 0 Å². The molecule has 0 saturated heterocycles. The highest BCUT2D eigenvalue weighted by atomic mass is 32.2. The predicted octanol–water partition coefficient (Wildman–Crippen LogP) is 0.139. The Morgan fingerprint density at radius 2 is 1.69 bits per heavy atom. The third kappa shape index (κ3) is 3.04. The summed E-state index contributed by atoms with van der Waals surface area (Å²) in [5.41, 5.74) is 0.140. The average molecular weight is 252 g/mol. The van der Waals surface area contributed by atoms with Gasteiger partial charge in [-0.15, -0.1) is 6.58 Å². The molecule has 0 radical (unpaired) electrons. The van der Waals surface area contributed by atoms with Crippen molar-refractivity contribution in [3.05, 3.63) is 12.2 Å². The monoisotopic (exact) mass is 252 g/mol. The summed E-state index contributed by atoms with van der Waals surface area (Å²) in [7, 11) is -5.06. The van der Waals surface area contributed by atoms with Crippen LogP contribution in [-0.4, -0.2) is 39.9 Å². The molecule has 0 bridgehead atoms. The fourth-order valence-electron chi connectivity index (χ4n) is 1.24. The minimum absolute atomic E-state index is 0.140. The third-order valence-corrected chi connectivity index (χ3v) is 3.36. The SMILES string of the molecule is C=C(C)CC(CC(=O)O)(C(=O)O)S(=O)(=O)O. The molecule has 0 saturated carbocycles. The molecule has 0 aromatic carbocycles. The third-order valence-electron chi connectivity index (χ3n) is 1.91. The summed E-state index contributed by atoms with van der Waals surface area (Å²) in [5, 5.41) is 17.3. The van der Waals surface area contributed by atoms with Crippen molar-refractivity contribution >= 4 is 22.1 Å². The summed E-state index contributed by atoms with van der Waals surface area (Å²) in [6.45, 7) is 4.65. The van der Waals surface area contributed by atoms with Crippen molar-refractivity contribution in [1.29, 1.82) is 0 Å². The van der Waals surface area contributed by atoms with Gasteiger partial charge in [-0.2, -0.15) is 8.42 Å². The van der Waals surface area contributed by atoms with Crippen LogP contribution in [0, 0.1) is 0 Å². The second-order valence-electron chi connectivity index (χ2n) is 3.48. The fourth-order valence-corrected chi connectivity index (χ4v) is 2.19. The smallest absolute Gasteiger partial charge is 0.328 e. The molecule has 0 amide bonds. The topological polar surface area (TPSA) is 129 Å². The molecule has 7 nitrogen and oxygen atoms in total. The van der Waals surface area contributed by atoms with Crippen molar-refractivity contribution in [1.82, 2.24) is 0 Å². The molecule has 1 unspecified atom stereocenters. The Kier molecular flexibility index (Phi) is 4.21. The van der Waals surface area contributed by atoms with Crippen LogP contribution >= 0.6 is 0 Å². The predicted molar refractivity (Wildman–Crippen MR) is 53.6 cm³/mol. The zero-order valence-electron chi connectivity index (χ0n) is 8.50. The maximum atomic E-state index is 11.0. The van der Waals surface area contributed by atoms with E-state index in [4.69, 9.17) is 14.8 Å². The van der Waals surface area contributed by atoms with Crippen molar-refractivity contribution in [3.63, 3.8) is 0 Å². The van der Waals surface area contributed by atoms with E-state index >= 15 is 0 Å². The molecule has 0 aromatic rings. The number of hydrogen-bond acceptors (Lipinski definition) is 4. The normalized spacial score (nSPS) is 15.1. The van der Waals surface area contributed by atoms with Gasteiger partial charge in [0, 0.05) is 6.42 Å². The first-order valence-electron chi connectivity index (χ1n) is 4.09. The Labute approximate surface area is 92.1 Å². The Morgan fingerprint density at radius 3 is 1.88 bits per heavy atom. The van der Waals surface area contributed by atoms with E-state index in [1.165, 1.54) is 6.92 Å². The molecule has 0 fully saturated rings. The summed E-state index contributed by atoms with van der Waals surface area (Å²) in [6.07, 6.45) is -1.89. The van der Waals surface area contributed by atoms with E-state index in [1.54, 1.807) is 0 Å². The number of allylic oxidation sites excluding steroid dienone is 1. The van der Waals surface area contributed by atoms with E-state index in [0.29, 0.717) is 0 Å². The van der Waals surface area contributed by atoms with Gasteiger partial charge in [-0.05, 0) is 6.92 Å². The minimum Gasteiger partial charge on any atom is -0.481 e. The zero-order chi connectivity index (χ0) is 13.1. The molecule has 0 aliphatic heterocycles. The van der Waals surface area contributed by atoms with E-state index in [-0.39, 0.29) is 5.57 Å². The number of rotatable bonds is 6. The minimum atomic E-state index is -5.06. The standard InChI is InChI=1S/C8H12O7S/c1-5(2)3-8(7(11)12,4-6(9)10)16(13,14)15/h1,3-4H2,2H3,(H,9,10)(H,11,12)(H,13,14,15). The van der Waals surface area contributed by atoms with Crippen LogP contribution in [0.1, 0.15) is 19.8 Å². The molecule has 0 rings (SSSR count). The Balaban J connectivity index is 5.68. The summed E-state index contributed by atoms with van der Waals surface area (Å²) in [6, 6.07) is 0. The maximum absolute atomic E-state index is 11.0. The van der Waals surface area contributed by atoms with Gasteiger partial charge in [-0.25, -0.2) is 0 Å². The van der Waals surface area contributed by atoms with Crippen molar-refractivity contribution in [2.45, 2.75) is 24.5 Å². The molecule has 0 aromatic heterocycles. The van der Waals surface area contributed by atoms with Crippen LogP contribution in [0.4, 0.5) is 0 Å². The van der Waals surface area contributed by atoms with Gasteiger partial charge in [0.1, 0.15) is 0 Å². The average Bonchev–Trinajstić information content (AvgIpc) is 1.97. The van der Waals surface area contributed by atoms with Crippen molar-refractivity contribution in [3.8, 4) is 0 Å². The molecule has 0 aliphatic carbocycles. The summed E-state index contributed by atoms with van der Waals surface area (Å²) in [4.78, 5) is 21.4. The maximum Gasteiger partial charge on any atom is 0.328 e. The van der Waals surface area contributed by atoms with E-state index in [2.05, 4.69) is 6.58 Å². The van der Waals surface area contributed by atoms with Crippen molar-refractivity contribution in [2.75, 3.05) is 0 Å². The lowest BCUT2D eigenvalue weighted by atomic mass is 9.96. The lowest BCUT2D eigenvalue weighted by molar-refractivity contribution is -0.146. The second-order valence-corrected chi connectivity index (χ2v) is 5.21. The number of carboxylic acids is 2. The lowest BCUT2D eigenvalue weighted by Gasteiger charge is -2.24. The first-order valence-corrected chi connectivity index (χ1v) is 5.53. The highest BCUT2D eigenvalue weighted by molar-refractivity contribution is 7.88. The number of hydrogen-bond donors (Lipinski definition) is 3. The first kappa shape index (κ1) is 14.6. The Hall–Kier alpha value is -1.41. The van der Waals surface area contributed by atoms with Gasteiger partial charge >= 0.3 is 11.9 Å². The molecule has 3 N–H and O–H groups in total. The number of aliphatic carboxylic acids is 2. The molecular weight excluding hydrogens is 240 g/mol. The van der Waals surface area contributed by atoms with Crippen LogP contribution < -0.4 is 0 Å². The molecular formula is C8H12O7S. The van der Waals surface area contributed by atoms with E-state index < -0.39 is 39.6 Å². The summed E-state index contributed by atoms with van der Waals surface area (Å²) >= 11 is 0. The summed E-state index contributed by atoms with van der Waals surface area (Å²) in [5.74, 6) is -3.55. The van der Waals surface area contributed by atoms with E-state index in [1.807, 2.05) is 0 Å². The molecule has 8 heteroatoms. The lowest BCUT2D eigenvalue weighted by Crippen LogP contribution is -2.48. The van der Waals surface area contributed by atoms with Gasteiger partial charge in [0.05, 0.1) is 6.42 Å². The van der Waals surface area contributed by atoms with Crippen LogP contribution in [0.3, 0.4) is 0 Å². The van der Waals surface area contributed by atoms with Crippen LogP contribution in [-0.2, 0) is 19.7 Å². The Bertz CT molecular complexity index is 404. The van der Waals surface area contributed by atoms with Crippen LogP contribution in [0.15, 0.2) is 12.2 Å². The molecule has 92 valence electrons. The molecule has 0 spiro atoms. The molecule has 0 aliphatic rings. The van der Waals surface area contributed by atoms with Crippen LogP contribution in [0.25, 0.3) is 0 Å². The highest BCUT2D eigenvalue weighted by Crippen LogP contribution is 2.29. The largest absolute Gasteiger partial charge is 0.481 e. The highest BCUT2D eigenvalue weighted by Gasteiger charge is 2.52. The quantitative estimate of drug-likeness (QED) is 0.452. The van der Waals surface area contributed by atoms with Gasteiger partial charge in [-0.3, -0.25) is 14.1 Å².